The number of nitrogens with two attached hydrogens (primary N) is 1. The largest absolute Gasteiger partial charge is 0.416 e. The van der Waals surface area contributed by atoms with Crippen molar-refractivity contribution in [1.82, 2.24) is 9.97 Å². The van der Waals surface area contributed by atoms with Crippen molar-refractivity contribution in [2.45, 2.75) is 24.4 Å². The number of aromatic nitrogens is 2. The van der Waals surface area contributed by atoms with Gasteiger partial charge in [-0.05, 0) is 37.4 Å². The molecule has 0 saturated heterocycles. The fourth-order valence-corrected chi connectivity index (χ4v) is 5.16. The summed E-state index contributed by atoms with van der Waals surface area (Å²) in [5, 5.41) is 17.7. The molecule has 1 atom stereocenters. The number of anilines is 1. The van der Waals surface area contributed by atoms with Gasteiger partial charge in [0.25, 0.3) is 5.91 Å². The van der Waals surface area contributed by atoms with E-state index in [1.54, 1.807) is 23.5 Å². The number of thiophene rings is 1. The summed E-state index contributed by atoms with van der Waals surface area (Å²) in [5.41, 5.74) is 2.21. The summed E-state index contributed by atoms with van der Waals surface area (Å²) in [7, 11) is 0. The Labute approximate surface area is 201 Å². The molecule has 176 valence electrons. The molecule has 0 fully saturated rings. The molecule has 4 aromatic rings. The Balaban J connectivity index is 1.55. The summed E-state index contributed by atoms with van der Waals surface area (Å²) in [5.74, 6) is -0.554. The maximum absolute atomic E-state index is 13.0. The fourth-order valence-electron chi connectivity index (χ4n) is 3.40. The van der Waals surface area contributed by atoms with Crippen LogP contribution in [0.4, 0.5) is 24.5 Å². The molecule has 4 N–H and O–H groups in total. The lowest BCUT2D eigenvalue weighted by atomic mass is 10.1. The number of amides is 1. The van der Waals surface area contributed by atoms with Crippen LogP contribution in [0.15, 0.2) is 59.2 Å². The monoisotopic (exact) mass is 505 g/mol. The third-order valence-electron chi connectivity index (χ3n) is 5.19. The Morgan fingerprint density at radius 2 is 2.00 bits per heavy atom. The molecular weight excluding hydrogens is 485 g/mol. The predicted molar refractivity (Wildman–Crippen MR) is 126 cm³/mol. The first-order valence-electron chi connectivity index (χ1n) is 10.1. The van der Waals surface area contributed by atoms with E-state index in [1.165, 1.54) is 41.6 Å². The maximum atomic E-state index is 13.0. The SMILES string of the molecule is CSc1ncnc2c(C(O)[NH2+]c3cc(C(=O)Nc4cccc(C(F)(F)F)c4)ccc3C)csc12. The van der Waals surface area contributed by atoms with Crippen LogP contribution in [-0.2, 0) is 6.18 Å². The number of aliphatic hydroxyl groups excluding tert-OH is 1. The fraction of sp³-hybridized carbons (Fsp3) is 0.174. The predicted octanol–water partition coefficient (Wildman–Crippen LogP) is 4.88. The average Bonchev–Trinajstić information content (AvgIpc) is 3.24. The topological polar surface area (TPSA) is 91.7 Å². The van der Waals surface area contributed by atoms with E-state index < -0.39 is 23.9 Å². The number of rotatable bonds is 6. The highest BCUT2D eigenvalue weighted by molar-refractivity contribution is 7.98. The molecule has 6 nitrogen and oxygen atoms in total. The van der Waals surface area contributed by atoms with E-state index in [-0.39, 0.29) is 11.3 Å². The summed E-state index contributed by atoms with van der Waals surface area (Å²) >= 11 is 2.95. The number of quaternary nitrogens is 1. The maximum Gasteiger partial charge on any atom is 0.416 e. The van der Waals surface area contributed by atoms with Gasteiger partial charge in [0.2, 0.25) is 6.23 Å². The number of carbonyl (C=O) groups is 1. The number of hydrogen-bond donors (Lipinski definition) is 3. The van der Waals surface area contributed by atoms with Crippen LogP contribution >= 0.6 is 23.1 Å². The van der Waals surface area contributed by atoms with Crippen LogP contribution in [0.2, 0.25) is 0 Å². The van der Waals surface area contributed by atoms with Gasteiger partial charge in [0.1, 0.15) is 17.0 Å². The number of nitrogens with zero attached hydrogens (tertiary/aromatic N) is 2. The van der Waals surface area contributed by atoms with E-state index >= 15 is 0 Å². The molecular formula is C23H20F3N4O2S2+. The van der Waals surface area contributed by atoms with E-state index in [2.05, 4.69) is 15.3 Å². The molecule has 0 saturated carbocycles. The van der Waals surface area contributed by atoms with E-state index in [0.29, 0.717) is 16.8 Å². The molecule has 2 aromatic heterocycles. The highest BCUT2D eigenvalue weighted by Gasteiger charge is 2.30. The average molecular weight is 506 g/mol. The summed E-state index contributed by atoms with van der Waals surface area (Å²) in [6.45, 7) is 1.84. The molecule has 4 rings (SSSR count). The van der Waals surface area contributed by atoms with Gasteiger partial charge < -0.3 is 10.4 Å². The molecule has 0 aliphatic heterocycles. The molecule has 34 heavy (non-hydrogen) atoms. The zero-order chi connectivity index (χ0) is 24.5. The van der Waals surface area contributed by atoms with Gasteiger partial charge in [0, 0.05) is 28.3 Å². The first-order chi connectivity index (χ1) is 16.2. The van der Waals surface area contributed by atoms with Crippen molar-refractivity contribution in [1.29, 1.82) is 0 Å². The highest BCUT2D eigenvalue weighted by Crippen LogP contribution is 2.33. The molecule has 0 radical (unpaired) electrons. The summed E-state index contributed by atoms with van der Waals surface area (Å²) in [6, 6.07) is 9.36. The Hall–Kier alpha value is -2.99. The molecule has 0 spiro atoms. The molecule has 0 aliphatic rings. The number of alkyl halides is 3. The van der Waals surface area contributed by atoms with E-state index in [0.717, 1.165) is 27.4 Å². The lowest BCUT2D eigenvalue weighted by Gasteiger charge is -2.13. The van der Waals surface area contributed by atoms with Crippen LogP contribution in [0, 0.1) is 6.92 Å². The zero-order valence-corrected chi connectivity index (χ0v) is 19.7. The van der Waals surface area contributed by atoms with Crippen LogP contribution in [0.5, 0.6) is 0 Å². The van der Waals surface area contributed by atoms with Gasteiger partial charge in [-0.15, -0.1) is 23.1 Å². The Bertz CT molecular complexity index is 1360. The summed E-state index contributed by atoms with van der Waals surface area (Å²) in [6.07, 6.45) is -2.10. The second-order valence-electron chi connectivity index (χ2n) is 7.47. The molecule has 2 aromatic carbocycles. The Kier molecular flexibility index (Phi) is 6.89. The Morgan fingerprint density at radius 1 is 1.21 bits per heavy atom. The number of halogens is 3. The lowest BCUT2D eigenvalue weighted by Crippen LogP contribution is -2.79. The van der Waals surface area contributed by atoms with E-state index in [9.17, 15) is 23.1 Å². The molecule has 0 bridgehead atoms. The number of aryl methyl sites for hydroxylation is 1. The van der Waals surface area contributed by atoms with Crippen molar-refractivity contribution in [3.8, 4) is 0 Å². The quantitative estimate of drug-likeness (QED) is 0.150. The van der Waals surface area contributed by atoms with Crippen molar-refractivity contribution in [2.75, 3.05) is 11.6 Å². The van der Waals surface area contributed by atoms with Gasteiger partial charge >= 0.3 is 6.18 Å². The van der Waals surface area contributed by atoms with Crippen molar-refractivity contribution in [2.24, 2.45) is 0 Å². The number of fused-ring (bicyclic) bond motifs is 1. The number of nitrogens with one attached hydrogen (secondary N) is 1. The number of hydrogen-bond acceptors (Lipinski definition) is 6. The third-order valence-corrected chi connectivity index (χ3v) is 7.01. The minimum absolute atomic E-state index is 0.0417. The van der Waals surface area contributed by atoms with E-state index in [1.807, 2.05) is 18.6 Å². The third kappa shape index (κ3) is 5.07. The normalized spacial score (nSPS) is 12.6. The standard InChI is InChI=1S/C23H19F3N4O2S2/c1-12-6-7-13(20(31)29-15-5-3-4-14(9-15)23(24,25)26)8-17(12)30-21(32)16-10-34-19-18(16)27-11-28-22(19)33-2/h3-11,21,30,32H,1-2H3,(H,29,31)/p+1. The van der Waals surface area contributed by atoms with Crippen LogP contribution in [0.25, 0.3) is 10.2 Å². The number of aliphatic hydroxyl groups is 1. The first kappa shape index (κ1) is 24.1. The number of thioether (sulfide) groups is 1. The summed E-state index contributed by atoms with van der Waals surface area (Å²) in [4.78, 5) is 21.3. The van der Waals surface area contributed by atoms with Crippen LogP contribution in [0.1, 0.15) is 33.3 Å². The van der Waals surface area contributed by atoms with Gasteiger partial charge in [-0.25, -0.2) is 9.97 Å². The van der Waals surface area contributed by atoms with Crippen molar-refractivity contribution in [3.05, 3.63) is 76.4 Å². The smallest absolute Gasteiger partial charge is 0.341 e. The lowest BCUT2D eigenvalue weighted by molar-refractivity contribution is -0.661. The van der Waals surface area contributed by atoms with Crippen LogP contribution < -0.4 is 10.6 Å². The number of benzene rings is 2. The van der Waals surface area contributed by atoms with Crippen LogP contribution in [-0.4, -0.2) is 27.2 Å². The summed E-state index contributed by atoms with van der Waals surface area (Å²) < 4.78 is 39.8. The minimum atomic E-state index is -4.50. The van der Waals surface area contributed by atoms with Gasteiger partial charge in [-0.3, -0.25) is 10.1 Å². The molecule has 11 heteroatoms. The second kappa shape index (κ2) is 9.71. The second-order valence-corrected chi connectivity index (χ2v) is 9.14. The van der Waals surface area contributed by atoms with Gasteiger partial charge in [0.05, 0.1) is 21.3 Å². The zero-order valence-electron chi connectivity index (χ0n) is 18.1. The van der Waals surface area contributed by atoms with Crippen molar-refractivity contribution < 1.29 is 28.4 Å². The number of carbonyl (C=O) groups excluding carboxylic acids is 1. The van der Waals surface area contributed by atoms with Crippen molar-refractivity contribution >= 4 is 50.6 Å². The minimum Gasteiger partial charge on any atom is -0.341 e. The first-order valence-corrected chi connectivity index (χ1v) is 12.2. The Morgan fingerprint density at radius 3 is 2.74 bits per heavy atom. The molecule has 1 amide bonds. The van der Waals surface area contributed by atoms with Crippen LogP contribution in [0.3, 0.4) is 0 Å². The van der Waals surface area contributed by atoms with Gasteiger partial charge in [-0.2, -0.15) is 13.2 Å². The molecule has 2 heterocycles. The van der Waals surface area contributed by atoms with Gasteiger partial charge in [0.15, 0.2) is 0 Å². The van der Waals surface area contributed by atoms with Gasteiger partial charge in [-0.1, -0.05) is 12.1 Å². The highest BCUT2D eigenvalue weighted by atomic mass is 32.2. The molecule has 1 unspecified atom stereocenters. The van der Waals surface area contributed by atoms with Crippen molar-refractivity contribution in [3.63, 3.8) is 0 Å². The molecule has 0 aliphatic carbocycles. The van der Waals surface area contributed by atoms with E-state index in [4.69, 9.17) is 0 Å².